The smallest absolute Gasteiger partial charge is 0.328 e. The molecule has 2 heterocycles. The topological polar surface area (TPSA) is 125 Å². The van der Waals surface area contributed by atoms with Crippen LogP contribution in [0.4, 0.5) is 0 Å². The van der Waals surface area contributed by atoms with Gasteiger partial charge in [0.1, 0.15) is 12.6 Å². The molecule has 4 rings (SSSR count). The lowest BCUT2D eigenvalue weighted by atomic mass is 10.0. The number of H-pyrrole nitrogens is 1. The minimum Gasteiger partial charge on any atom is -0.493 e. The second-order valence-electron chi connectivity index (χ2n) is 7.61. The largest absolute Gasteiger partial charge is 0.493 e. The Morgan fingerprint density at radius 2 is 1.82 bits per heavy atom. The van der Waals surface area contributed by atoms with Crippen LogP contribution in [0.5, 0.6) is 11.5 Å². The van der Waals surface area contributed by atoms with Crippen LogP contribution < -0.4 is 20.3 Å². The lowest BCUT2D eigenvalue weighted by molar-refractivity contribution is -0.145. The van der Waals surface area contributed by atoms with E-state index in [4.69, 9.17) is 14.2 Å². The Kier molecular flexibility index (Phi) is 6.48. The molecule has 0 aliphatic rings. The van der Waals surface area contributed by atoms with Crippen LogP contribution in [0.25, 0.3) is 21.8 Å². The fraction of sp³-hybridized carbons (Fsp3) is 0.250. The average molecular weight is 464 g/mol. The van der Waals surface area contributed by atoms with Crippen molar-refractivity contribution in [2.75, 3.05) is 21.3 Å². The summed E-state index contributed by atoms with van der Waals surface area (Å²) in [6.07, 6.45) is 3.30. The first-order valence-electron chi connectivity index (χ1n) is 10.5. The molecule has 10 nitrogen and oxygen atoms in total. The van der Waals surface area contributed by atoms with Gasteiger partial charge in [0, 0.05) is 29.6 Å². The standard InChI is InChI=1S/C24H24N4O6/c1-32-20-9-16-18(10-21(20)33-2)26-13-28(23(16)30)12-22(29)27-19(24(31)34-3)8-14-11-25-17-7-5-4-6-15(14)17/h4-7,9-11,13,19,25H,8,12H2,1-3H3,(H,27,29)/t19-/m1/s1. The summed E-state index contributed by atoms with van der Waals surface area (Å²) in [7, 11) is 4.21. The van der Waals surface area contributed by atoms with Crippen molar-refractivity contribution < 1.29 is 23.8 Å². The Morgan fingerprint density at radius 1 is 1.09 bits per heavy atom. The zero-order valence-corrected chi connectivity index (χ0v) is 19.0. The number of esters is 1. The van der Waals surface area contributed by atoms with Crippen LogP contribution in [0.3, 0.4) is 0 Å². The number of carbonyl (C=O) groups is 2. The maximum atomic E-state index is 13.0. The van der Waals surface area contributed by atoms with Crippen LogP contribution in [0.1, 0.15) is 5.56 Å². The molecule has 0 saturated carbocycles. The number of hydrogen-bond donors (Lipinski definition) is 2. The first kappa shape index (κ1) is 22.8. The van der Waals surface area contributed by atoms with Crippen molar-refractivity contribution in [3.63, 3.8) is 0 Å². The van der Waals surface area contributed by atoms with E-state index in [1.165, 1.54) is 38.3 Å². The molecule has 0 aliphatic carbocycles. The molecule has 10 heteroatoms. The summed E-state index contributed by atoms with van der Waals surface area (Å²) in [6, 6.07) is 9.85. The number of rotatable bonds is 8. The van der Waals surface area contributed by atoms with Crippen molar-refractivity contribution in [1.29, 1.82) is 0 Å². The third kappa shape index (κ3) is 4.42. The van der Waals surface area contributed by atoms with E-state index >= 15 is 0 Å². The fourth-order valence-electron chi connectivity index (χ4n) is 3.85. The van der Waals surface area contributed by atoms with Gasteiger partial charge in [0.2, 0.25) is 5.91 Å². The van der Waals surface area contributed by atoms with Crippen molar-refractivity contribution in [3.8, 4) is 11.5 Å². The van der Waals surface area contributed by atoms with Crippen LogP contribution in [0, 0.1) is 0 Å². The number of nitrogens with one attached hydrogen (secondary N) is 2. The van der Waals surface area contributed by atoms with Gasteiger partial charge in [-0.1, -0.05) is 18.2 Å². The van der Waals surface area contributed by atoms with Crippen LogP contribution in [0.15, 0.2) is 53.7 Å². The minimum absolute atomic E-state index is 0.226. The first-order chi connectivity index (χ1) is 16.4. The lowest BCUT2D eigenvalue weighted by Crippen LogP contribution is -2.45. The Hall–Kier alpha value is -4.34. The summed E-state index contributed by atoms with van der Waals surface area (Å²) in [4.78, 5) is 45.5. The van der Waals surface area contributed by atoms with Gasteiger partial charge in [-0.3, -0.25) is 14.2 Å². The van der Waals surface area contributed by atoms with Gasteiger partial charge in [0.25, 0.3) is 5.56 Å². The Bertz CT molecular complexity index is 1420. The van der Waals surface area contributed by atoms with Gasteiger partial charge in [-0.05, 0) is 17.7 Å². The Balaban J connectivity index is 1.56. The number of para-hydroxylation sites is 1. The van der Waals surface area contributed by atoms with E-state index < -0.39 is 23.5 Å². The normalized spacial score (nSPS) is 11.9. The van der Waals surface area contributed by atoms with Crippen molar-refractivity contribution in [1.82, 2.24) is 19.9 Å². The van der Waals surface area contributed by atoms with Crippen LogP contribution >= 0.6 is 0 Å². The van der Waals surface area contributed by atoms with Gasteiger partial charge >= 0.3 is 5.97 Å². The lowest BCUT2D eigenvalue weighted by Gasteiger charge is -2.17. The molecule has 0 radical (unpaired) electrons. The predicted molar refractivity (Wildman–Crippen MR) is 125 cm³/mol. The molecule has 0 unspecified atom stereocenters. The summed E-state index contributed by atoms with van der Waals surface area (Å²) in [5.41, 5.74) is 1.77. The molecule has 176 valence electrons. The van der Waals surface area contributed by atoms with Gasteiger partial charge in [-0.15, -0.1) is 0 Å². The third-order valence-corrected chi connectivity index (χ3v) is 5.56. The summed E-state index contributed by atoms with van der Waals surface area (Å²) >= 11 is 0. The van der Waals surface area contributed by atoms with Crippen molar-refractivity contribution in [2.45, 2.75) is 19.0 Å². The quantitative estimate of drug-likeness (QED) is 0.381. The number of benzene rings is 2. The van der Waals surface area contributed by atoms with Gasteiger partial charge in [0.05, 0.1) is 38.6 Å². The van der Waals surface area contributed by atoms with E-state index in [0.717, 1.165) is 16.5 Å². The molecule has 1 amide bonds. The molecule has 1 atom stereocenters. The number of aromatic nitrogens is 3. The second-order valence-corrected chi connectivity index (χ2v) is 7.61. The highest BCUT2D eigenvalue weighted by atomic mass is 16.5. The van der Waals surface area contributed by atoms with Crippen molar-refractivity contribution >= 4 is 33.7 Å². The molecule has 0 bridgehead atoms. The molecule has 4 aromatic rings. The fourth-order valence-corrected chi connectivity index (χ4v) is 3.85. The van der Waals surface area contributed by atoms with E-state index in [-0.39, 0.29) is 18.4 Å². The highest BCUT2D eigenvalue weighted by Crippen LogP contribution is 2.29. The molecule has 2 aromatic heterocycles. The number of ether oxygens (including phenoxy) is 3. The summed E-state index contributed by atoms with van der Waals surface area (Å²) in [5.74, 6) is -0.297. The average Bonchev–Trinajstić information content (AvgIpc) is 3.27. The van der Waals surface area contributed by atoms with E-state index in [1.54, 1.807) is 12.3 Å². The Morgan fingerprint density at radius 3 is 2.56 bits per heavy atom. The first-order valence-corrected chi connectivity index (χ1v) is 10.5. The highest BCUT2D eigenvalue weighted by molar-refractivity contribution is 5.87. The molecule has 0 saturated heterocycles. The van der Waals surface area contributed by atoms with Gasteiger partial charge in [-0.25, -0.2) is 9.78 Å². The van der Waals surface area contributed by atoms with Crippen LogP contribution in [-0.2, 0) is 27.3 Å². The number of nitrogens with zero attached hydrogens (tertiary/aromatic N) is 2. The number of aromatic amines is 1. The summed E-state index contributed by atoms with van der Waals surface area (Å²) in [6.45, 7) is -0.322. The number of hydrogen-bond acceptors (Lipinski definition) is 7. The van der Waals surface area contributed by atoms with Gasteiger partial charge in [0.15, 0.2) is 11.5 Å². The minimum atomic E-state index is -0.926. The van der Waals surface area contributed by atoms with Gasteiger partial charge in [-0.2, -0.15) is 0 Å². The van der Waals surface area contributed by atoms with E-state index in [9.17, 15) is 14.4 Å². The second kappa shape index (κ2) is 9.65. The maximum absolute atomic E-state index is 13.0. The van der Waals surface area contributed by atoms with E-state index in [1.807, 2.05) is 24.3 Å². The van der Waals surface area contributed by atoms with Crippen LogP contribution in [-0.4, -0.2) is 53.8 Å². The number of carbonyl (C=O) groups excluding carboxylic acids is 2. The monoisotopic (exact) mass is 464 g/mol. The molecule has 0 spiro atoms. The van der Waals surface area contributed by atoms with Crippen LogP contribution in [0.2, 0.25) is 0 Å². The molecule has 0 aliphatic heterocycles. The molecule has 0 fully saturated rings. The van der Waals surface area contributed by atoms with E-state index in [0.29, 0.717) is 17.0 Å². The third-order valence-electron chi connectivity index (χ3n) is 5.56. The van der Waals surface area contributed by atoms with Gasteiger partial charge < -0.3 is 24.5 Å². The summed E-state index contributed by atoms with van der Waals surface area (Å²) in [5, 5.41) is 3.90. The number of methoxy groups -OCH3 is 3. The molecule has 2 N–H and O–H groups in total. The van der Waals surface area contributed by atoms with Crippen molar-refractivity contribution in [2.24, 2.45) is 0 Å². The molecular formula is C24H24N4O6. The Labute approximate surface area is 194 Å². The molecular weight excluding hydrogens is 440 g/mol. The molecule has 2 aromatic carbocycles. The van der Waals surface area contributed by atoms with Crippen molar-refractivity contribution in [3.05, 3.63) is 64.8 Å². The van der Waals surface area contributed by atoms with E-state index in [2.05, 4.69) is 15.3 Å². The zero-order chi connectivity index (χ0) is 24.2. The number of amides is 1. The predicted octanol–water partition coefficient (Wildman–Crippen LogP) is 1.80. The number of fused-ring (bicyclic) bond motifs is 2. The highest BCUT2D eigenvalue weighted by Gasteiger charge is 2.24. The zero-order valence-electron chi connectivity index (χ0n) is 19.0. The summed E-state index contributed by atoms with van der Waals surface area (Å²) < 4.78 is 16.6. The maximum Gasteiger partial charge on any atom is 0.328 e. The SMILES string of the molecule is COC(=O)[C@@H](Cc1c[nH]c2ccccc12)NC(=O)Cn1cnc2cc(OC)c(OC)cc2c1=O. The molecule has 34 heavy (non-hydrogen) atoms.